The van der Waals surface area contributed by atoms with Gasteiger partial charge in [0.25, 0.3) is 0 Å². The van der Waals surface area contributed by atoms with Crippen LogP contribution in [0.15, 0.2) is 0 Å². The van der Waals surface area contributed by atoms with E-state index in [1.807, 2.05) is 0 Å². The molecule has 0 aromatic heterocycles. The fraction of sp³-hybridized carbons (Fsp3) is 1.00. The Morgan fingerprint density at radius 3 is 2.08 bits per heavy atom. The highest BCUT2D eigenvalue weighted by atomic mass is 16.5. The summed E-state index contributed by atoms with van der Waals surface area (Å²) >= 11 is 0. The van der Waals surface area contributed by atoms with Gasteiger partial charge in [0.1, 0.15) is 0 Å². The lowest BCUT2D eigenvalue weighted by Gasteiger charge is -2.28. The average molecular weight is 359 g/mol. The van der Waals surface area contributed by atoms with E-state index in [-0.39, 0.29) is 11.2 Å². The Morgan fingerprint density at radius 1 is 0.960 bits per heavy atom. The van der Waals surface area contributed by atoms with Crippen molar-refractivity contribution in [2.45, 2.75) is 78.0 Å². The fourth-order valence-corrected chi connectivity index (χ4v) is 2.82. The number of rotatable bonds is 6. The van der Waals surface area contributed by atoms with E-state index in [1.165, 1.54) is 19.4 Å². The molecule has 0 bridgehead atoms. The van der Waals surface area contributed by atoms with Crippen LogP contribution >= 0.6 is 0 Å². The summed E-state index contributed by atoms with van der Waals surface area (Å²) in [6.07, 6.45) is 3.82. The number of hydrogen-bond acceptors (Lipinski definition) is 5. The fourth-order valence-electron chi connectivity index (χ4n) is 2.82. The van der Waals surface area contributed by atoms with Gasteiger partial charge < -0.3 is 19.5 Å². The molecular weight excluding hydrogens is 316 g/mol. The molecule has 1 atom stereocenters. The number of hydrogen-bond donors (Lipinski definition) is 1. The summed E-state index contributed by atoms with van der Waals surface area (Å²) in [6, 6.07) is 0.715. The van der Waals surface area contributed by atoms with Crippen molar-refractivity contribution < 1.29 is 14.2 Å². The molecule has 1 unspecified atom stereocenters. The molecule has 1 N–H and O–H groups in total. The molecule has 2 heterocycles. The third-order valence-electron chi connectivity index (χ3n) is 4.21. The summed E-state index contributed by atoms with van der Waals surface area (Å²) in [7, 11) is 0. The normalized spacial score (nSPS) is 22.6. The van der Waals surface area contributed by atoms with Gasteiger partial charge in [-0.15, -0.1) is 0 Å². The zero-order valence-corrected chi connectivity index (χ0v) is 17.5. The van der Waals surface area contributed by atoms with Crippen molar-refractivity contribution in [1.29, 1.82) is 0 Å². The molecule has 0 saturated carbocycles. The maximum Gasteiger partial charge on any atom is 0.0600 e. The van der Waals surface area contributed by atoms with E-state index in [4.69, 9.17) is 14.2 Å². The minimum atomic E-state index is -0.00765. The molecule has 0 aromatic carbocycles. The highest BCUT2D eigenvalue weighted by molar-refractivity contribution is 4.74. The second-order valence-electron chi connectivity index (χ2n) is 8.96. The van der Waals surface area contributed by atoms with Crippen molar-refractivity contribution >= 4 is 0 Å². The van der Waals surface area contributed by atoms with Crippen LogP contribution in [0.1, 0.15) is 60.8 Å². The first-order valence-corrected chi connectivity index (χ1v) is 9.97. The third kappa shape index (κ3) is 13.6. The van der Waals surface area contributed by atoms with Gasteiger partial charge in [0.15, 0.2) is 0 Å². The Balaban J connectivity index is 0.000000251. The van der Waals surface area contributed by atoms with Crippen LogP contribution in [0.25, 0.3) is 0 Å². The highest BCUT2D eigenvalue weighted by Gasteiger charge is 2.16. The lowest BCUT2D eigenvalue weighted by Crippen LogP contribution is -2.39. The van der Waals surface area contributed by atoms with Crippen LogP contribution in [0, 0.1) is 0 Å². The number of nitrogens with zero attached hydrogens (tertiary/aromatic N) is 1. The van der Waals surface area contributed by atoms with Gasteiger partial charge in [-0.2, -0.15) is 0 Å². The Hall–Kier alpha value is -0.200. The van der Waals surface area contributed by atoms with E-state index in [0.29, 0.717) is 6.04 Å². The second-order valence-corrected chi connectivity index (χ2v) is 8.96. The summed E-state index contributed by atoms with van der Waals surface area (Å²) in [5.74, 6) is 0. The van der Waals surface area contributed by atoms with E-state index in [2.05, 4.69) is 51.8 Å². The van der Waals surface area contributed by atoms with Crippen LogP contribution in [-0.2, 0) is 14.2 Å². The molecule has 5 heteroatoms. The van der Waals surface area contributed by atoms with Crippen LogP contribution in [0.3, 0.4) is 0 Å². The molecule has 0 aromatic rings. The standard InChI is InChI=1S/C10H21NO2.C10H21NO/c1-10(2,3)13-9-6-11-4-7-12-8-5-11;1-10(2,3)12-8-6-9-5-4-7-11-9/h4-9H2,1-3H3;9,11H,4-8H2,1-3H3. The molecule has 25 heavy (non-hydrogen) atoms. The maximum absolute atomic E-state index is 5.65. The van der Waals surface area contributed by atoms with E-state index in [1.54, 1.807) is 0 Å². The van der Waals surface area contributed by atoms with Crippen LogP contribution in [-0.4, -0.2) is 74.8 Å². The van der Waals surface area contributed by atoms with Gasteiger partial charge in [-0.05, 0) is 67.3 Å². The molecule has 5 nitrogen and oxygen atoms in total. The van der Waals surface area contributed by atoms with Crippen LogP contribution in [0.4, 0.5) is 0 Å². The molecule has 2 saturated heterocycles. The van der Waals surface area contributed by atoms with Gasteiger partial charge in [-0.3, -0.25) is 4.90 Å². The monoisotopic (exact) mass is 358 g/mol. The molecule has 2 fully saturated rings. The van der Waals surface area contributed by atoms with Gasteiger partial charge >= 0.3 is 0 Å². The summed E-state index contributed by atoms with van der Waals surface area (Å²) in [4.78, 5) is 2.38. The molecule has 2 aliphatic heterocycles. The van der Waals surface area contributed by atoms with Crippen molar-refractivity contribution in [2.75, 3.05) is 52.6 Å². The molecule has 0 aliphatic carbocycles. The quantitative estimate of drug-likeness (QED) is 0.790. The molecule has 2 rings (SSSR count). The lowest BCUT2D eigenvalue weighted by molar-refractivity contribution is -0.0283. The number of morpholine rings is 1. The SMILES string of the molecule is CC(C)(C)OCCC1CCCN1.CC(C)(C)OCCN1CCOCC1. The summed E-state index contributed by atoms with van der Waals surface area (Å²) in [6.45, 7) is 20.4. The Kier molecular flexibility index (Phi) is 10.5. The summed E-state index contributed by atoms with van der Waals surface area (Å²) in [5.41, 5.74) is 0.0187. The van der Waals surface area contributed by atoms with Crippen molar-refractivity contribution in [3.05, 3.63) is 0 Å². The zero-order valence-electron chi connectivity index (χ0n) is 17.5. The van der Waals surface area contributed by atoms with E-state index < -0.39 is 0 Å². The first-order chi connectivity index (χ1) is 11.7. The minimum absolute atomic E-state index is 0.00765. The number of ether oxygens (including phenoxy) is 3. The molecule has 2 aliphatic rings. The minimum Gasteiger partial charge on any atom is -0.379 e. The molecule has 0 amide bonds. The highest BCUT2D eigenvalue weighted by Crippen LogP contribution is 2.12. The predicted octanol–water partition coefficient (Wildman–Crippen LogP) is 3.08. The summed E-state index contributed by atoms with van der Waals surface area (Å²) < 4.78 is 16.6. The molecule has 0 radical (unpaired) electrons. The van der Waals surface area contributed by atoms with Crippen LogP contribution in [0.2, 0.25) is 0 Å². The maximum atomic E-state index is 5.65. The van der Waals surface area contributed by atoms with Crippen molar-refractivity contribution in [1.82, 2.24) is 10.2 Å². The van der Waals surface area contributed by atoms with Crippen molar-refractivity contribution in [3.8, 4) is 0 Å². The van der Waals surface area contributed by atoms with Crippen molar-refractivity contribution in [3.63, 3.8) is 0 Å². The van der Waals surface area contributed by atoms with Gasteiger partial charge in [-0.25, -0.2) is 0 Å². The van der Waals surface area contributed by atoms with Gasteiger partial charge in [0, 0.05) is 32.3 Å². The van der Waals surface area contributed by atoms with E-state index in [9.17, 15) is 0 Å². The lowest BCUT2D eigenvalue weighted by atomic mass is 10.1. The Bertz CT molecular complexity index is 325. The van der Waals surface area contributed by atoms with Crippen LogP contribution in [0.5, 0.6) is 0 Å². The van der Waals surface area contributed by atoms with Gasteiger partial charge in [0.2, 0.25) is 0 Å². The summed E-state index contributed by atoms with van der Waals surface area (Å²) in [5, 5.41) is 3.46. The first-order valence-electron chi connectivity index (χ1n) is 9.97. The zero-order chi connectivity index (χ0) is 18.8. The molecular formula is C20H42N2O3. The van der Waals surface area contributed by atoms with Gasteiger partial charge in [0.05, 0.1) is 31.0 Å². The van der Waals surface area contributed by atoms with E-state index in [0.717, 1.165) is 52.5 Å². The van der Waals surface area contributed by atoms with Gasteiger partial charge in [-0.1, -0.05) is 0 Å². The predicted molar refractivity (Wildman–Crippen MR) is 104 cm³/mol. The second kappa shape index (κ2) is 11.5. The Morgan fingerprint density at radius 2 is 1.56 bits per heavy atom. The smallest absolute Gasteiger partial charge is 0.0600 e. The van der Waals surface area contributed by atoms with Crippen molar-refractivity contribution in [2.24, 2.45) is 0 Å². The number of nitrogens with one attached hydrogen (secondary N) is 1. The largest absolute Gasteiger partial charge is 0.379 e. The van der Waals surface area contributed by atoms with E-state index >= 15 is 0 Å². The van der Waals surface area contributed by atoms with Crippen LogP contribution < -0.4 is 5.32 Å². The first kappa shape index (κ1) is 22.8. The molecule has 150 valence electrons. The Labute approximate surface area is 155 Å². The topological polar surface area (TPSA) is 43.0 Å². The average Bonchev–Trinajstić information content (AvgIpc) is 3.00. The molecule has 0 spiro atoms. The third-order valence-corrected chi connectivity index (χ3v) is 4.21.